The van der Waals surface area contributed by atoms with E-state index in [0.717, 1.165) is 19.3 Å². The highest BCUT2D eigenvalue weighted by Crippen LogP contribution is 2.13. The van der Waals surface area contributed by atoms with Gasteiger partial charge in [-0.15, -0.1) is 0 Å². The number of hydrogen-bond acceptors (Lipinski definition) is 3. The highest BCUT2D eigenvalue weighted by molar-refractivity contribution is 5.94. The fourth-order valence-corrected chi connectivity index (χ4v) is 1.80. The van der Waals surface area contributed by atoms with Gasteiger partial charge in [-0.2, -0.15) is 0 Å². The minimum absolute atomic E-state index is 0.00537. The molecule has 1 aromatic carbocycles. The predicted molar refractivity (Wildman–Crippen MR) is 79.7 cm³/mol. The highest BCUT2D eigenvalue weighted by atomic mass is 16.5. The van der Waals surface area contributed by atoms with Crippen LogP contribution >= 0.6 is 0 Å². The maximum absolute atomic E-state index is 11.9. The average Bonchev–Trinajstić information content (AvgIpc) is 2.45. The number of amides is 1. The van der Waals surface area contributed by atoms with Crippen LogP contribution in [0.5, 0.6) is 0 Å². The molecule has 0 spiro atoms. The molecule has 0 radical (unpaired) electrons. The minimum atomic E-state index is -0.330. The third kappa shape index (κ3) is 5.03. The molecule has 0 aliphatic rings. The van der Waals surface area contributed by atoms with E-state index < -0.39 is 0 Å². The van der Waals surface area contributed by atoms with Gasteiger partial charge in [0.15, 0.2) is 0 Å². The molecule has 0 saturated heterocycles. The summed E-state index contributed by atoms with van der Waals surface area (Å²) in [4.78, 5) is 23.5. The lowest BCUT2D eigenvalue weighted by Gasteiger charge is -2.11. The van der Waals surface area contributed by atoms with Crippen molar-refractivity contribution in [1.82, 2.24) is 0 Å². The van der Waals surface area contributed by atoms with Crippen molar-refractivity contribution in [3.05, 3.63) is 29.8 Å². The Balaban J connectivity index is 2.58. The van der Waals surface area contributed by atoms with Crippen molar-refractivity contribution in [2.45, 2.75) is 40.0 Å². The Morgan fingerprint density at radius 3 is 2.35 bits per heavy atom. The second-order valence-corrected chi connectivity index (χ2v) is 4.89. The van der Waals surface area contributed by atoms with Crippen LogP contribution in [0.15, 0.2) is 24.3 Å². The summed E-state index contributed by atoms with van der Waals surface area (Å²) in [7, 11) is 0. The van der Waals surface area contributed by atoms with Gasteiger partial charge in [-0.1, -0.05) is 27.2 Å². The van der Waals surface area contributed by atoms with Crippen LogP contribution < -0.4 is 5.32 Å². The Kier molecular flexibility index (Phi) is 6.77. The molecule has 1 aromatic rings. The first-order chi connectivity index (χ1) is 9.58. The lowest BCUT2D eigenvalue weighted by atomic mass is 10.1. The molecule has 0 bridgehead atoms. The van der Waals surface area contributed by atoms with Gasteiger partial charge in [0.25, 0.3) is 0 Å². The summed E-state index contributed by atoms with van der Waals surface area (Å²) < 4.78 is 5.04. The van der Waals surface area contributed by atoms with Crippen molar-refractivity contribution >= 4 is 17.6 Å². The number of hydrogen-bond donors (Lipinski definition) is 1. The molecular formula is C16H23NO3. The van der Waals surface area contributed by atoms with E-state index in [2.05, 4.69) is 12.2 Å². The maximum Gasteiger partial charge on any atom is 0.338 e. The smallest absolute Gasteiger partial charge is 0.338 e. The van der Waals surface area contributed by atoms with Crippen LogP contribution in [0.2, 0.25) is 0 Å². The summed E-state index contributed by atoms with van der Waals surface area (Å²) >= 11 is 0. The lowest BCUT2D eigenvalue weighted by Crippen LogP contribution is -2.20. The molecule has 20 heavy (non-hydrogen) atoms. The summed E-state index contributed by atoms with van der Waals surface area (Å²) in [6.07, 6.45) is 2.65. The van der Waals surface area contributed by atoms with Crippen LogP contribution in [0.1, 0.15) is 50.4 Å². The number of benzene rings is 1. The zero-order valence-electron chi connectivity index (χ0n) is 12.4. The Bertz CT molecular complexity index is 440. The van der Waals surface area contributed by atoms with Crippen molar-refractivity contribution < 1.29 is 14.3 Å². The van der Waals surface area contributed by atoms with E-state index in [0.29, 0.717) is 17.9 Å². The summed E-state index contributed by atoms with van der Waals surface area (Å²) in [5.41, 5.74) is 1.20. The summed E-state index contributed by atoms with van der Waals surface area (Å²) in [6, 6.07) is 6.77. The van der Waals surface area contributed by atoms with Gasteiger partial charge in [-0.3, -0.25) is 4.79 Å². The number of carbonyl (C=O) groups excluding carboxylic acids is 2. The van der Waals surface area contributed by atoms with Gasteiger partial charge < -0.3 is 10.1 Å². The first kappa shape index (κ1) is 16.2. The van der Waals surface area contributed by atoms with Crippen LogP contribution in [-0.2, 0) is 9.53 Å². The van der Waals surface area contributed by atoms with E-state index in [4.69, 9.17) is 4.74 Å². The van der Waals surface area contributed by atoms with Crippen molar-refractivity contribution in [1.29, 1.82) is 0 Å². The molecule has 0 fully saturated rings. The molecule has 0 aliphatic heterocycles. The van der Waals surface area contributed by atoms with E-state index in [-0.39, 0.29) is 17.8 Å². The zero-order valence-corrected chi connectivity index (χ0v) is 12.4. The Morgan fingerprint density at radius 2 is 1.80 bits per heavy atom. The quantitative estimate of drug-likeness (QED) is 0.774. The molecule has 1 N–H and O–H groups in total. The molecule has 0 aliphatic carbocycles. The van der Waals surface area contributed by atoms with Gasteiger partial charge in [0.2, 0.25) is 5.91 Å². The number of anilines is 1. The van der Waals surface area contributed by atoms with Crippen molar-refractivity contribution in [3.63, 3.8) is 0 Å². The summed E-state index contributed by atoms with van der Waals surface area (Å²) in [5.74, 6) is -0.327. The molecule has 0 unspecified atom stereocenters. The Morgan fingerprint density at radius 1 is 1.15 bits per heavy atom. The van der Waals surface area contributed by atoms with E-state index in [1.54, 1.807) is 24.3 Å². The molecular weight excluding hydrogens is 254 g/mol. The molecule has 4 nitrogen and oxygen atoms in total. The molecule has 0 heterocycles. The van der Waals surface area contributed by atoms with E-state index in [1.807, 2.05) is 13.8 Å². The average molecular weight is 277 g/mol. The fourth-order valence-electron chi connectivity index (χ4n) is 1.80. The highest BCUT2D eigenvalue weighted by Gasteiger charge is 2.12. The number of nitrogens with one attached hydrogen (secondary N) is 1. The maximum atomic E-state index is 11.9. The summed E-state index contributed by atoms with van der Waals surface area (Å²) in [6.45, 7) is 6.34. The molecule has 110 valence electrons. The minimum Gasteiger partial charge on any atom is -0.462 e. The number of ether oxygens (including phenoxy) is 1. The SMILES string of the molecule is CCCOC(=O)c1ccc(NC(=O)[C@@H](C)CCC)cc1. The molecule has 1 atom stereocenters. The Hall–Kier alpha value is -1.84. The van der Waals surface area contributed by atoms with Crippen molar-refractivity contribution in [2.75, 3.05) is 11.9 Å². The number of carbonyl (C=O) groups is 2. The normalized spacial score (nSPS) is 11.8. The number of rotatable bonds is 7. The second-order valence-electron chi connectivity index (χ2n) is 4.89. The van der Waals surface area contributed by atoms with Crippen LogP contribution in [0, 0.1) is 5.92 Å². The third-order valence-corrected chi connectivity index (χ3v) is 2.99. The van der Waals surface area contributed by atoms with Crippen molar-refractivity contribution in [2.24, 2.45) is 5.92 Å². The predicted octanol–water partition coefficient (Wildman–Crippen LogP) is 3.63. The van der Waals surface area contributed by atoms with E-state index in [9.17, 15) is 9.59 Å². The molecule has 1 rings (SSSR count). The van der Waals surface area contributed by atoms with E-state index >= 15 is 0 Å². The van der Waals surface area contributed by atoms with E-state index in [1.165, 1.54) is 0 Å². The van der Waals surface area contributed by atoms with Crippen LogP contribution in [0.4, 0.5) is 5.69 Å². The van der Waals surface area contributed by atoms with Crippen molar-refractivity contribution in [3.8, 4) is 0 Å². The fraction of sp³-hybridized carbons (Fsp3) is 0.500. The largest absolute Gasteiger partial charge is 0.462 e. The number of esters is 1. The topological polar surface area (TPSA) is 55.4 Å². The lowest BCUT2D eigenvalue weighted by molar-refractivity contribution is -0.119. The van der Waals surface area contributed by atoms with Crippen LogP contribution in [0.25, 0.3) is 0 Å². The summed E-state index contributed by atoms with van der Waals surface area (Å²) in [5, 5.41) is 2.84. The molecule has 4 heteroatoms. The zero-order chi connectivity index (χ0) is 15.0. The van der Waals surface area contributed by atoms with Gasteiger partial charge in [-0.05, 0) is 37.1 Å². The third-order valence-electron chi connectivity index (χ3n) is 2.99. The molecule has 0 aromatic heterocycles. The van der Waals surface area contributed by atoms with Gasteiger partial charge >= 0.3 is 5.97 Å². The standard InChI is InChI=1S/C16H23NO3/c1-4-6-12(3)15(18)17-14-9-7-13(8-10-14)16(19)20-11-5-2/h7-10,12H,4-6,11H2,1-3H3,(H,17,18)/t12-/m0/s1. The van der Waals surface area contributed by atoms with Crippen LogP contribution in [-0.4, -0.2) is 18.5 Å². The Labute approximate surface area is 120 Å². The van der Waals surface area contributed by atoms with Gasteiger partial charge in [-0.25, -0.2) is 4.79 Å². The molecule has 0 saturated carbocycles. The monoisotopic (exact) mass is 277 g/mol. The molecule has 1 amide bonds. The first-order valence-corrected chi connectivity index (χ1v) is 7.16. The van der Waals surface area contributed by atoms with Gasteiger partial charge in [0, 0.05) is 11.6 Å². The van der Waals surface area contributed by atoms with Gasteiger partial charge in [0.05, 0.1) is 12.2 Å². The van der Waals surface area contributed by atoms with Crippen LogP contribution in [0.3, 0.4) is 0 Å². The van der Waals surface area contributed by atoms with Gasteiger partial charge in [0.1, 0.15) is 0 Å². The first-order valence-electron chi connectivity index (χ1n) is 7.16. The second kappa shape index (κ2) is 8.35.